The predicted molar refractivity (Wildman–Crippen MR) is 181 cm³/mol. The van der Waals surface area contributed by atoms with Crippen molar-refractivity contribution in [3.8, 4) is 44.5 Å². The molecular weight excluding hydrogens is 733 g/mol. The van der Waals surface area contributed by atoms with Gasteiger partial charge in [-0.05, 0) is 29.6 Å². The molecule has 6 aromatic carbocycles. The van der Waals surface area contributed by atoms with Crippen molar-refractivity contribution < 1.29 is 60.6 Å². The fourth-order valence-electron chi connectivity index (χ4n) is 4.68. The molecular formula is C39H32Cl4O2Zr. The Bertz CT molecular complexity index is 1450. The molecule has 2 nitrogen and oxygen atoms in total. The first-order valence-electron chi connectivity index (χ1n) is 14.1. The van der Waals surface area contributed by atoms with E-state index in [4.69, 9.17) is 23.2 Å². The first kappa shape index (κ1) is 41.0. The van der Waals surface area contributed by atoms with E-state index in [0.29, 0.717) is 6.42 Å². The molecule has 0 heterocycles. The van der Waals surface area contributed by atoms with Crippen LogP contribution in [0.5, 0.6) is 0 Å². The summed E-state index contributed by atoms with van der Waals surface area (Å²) in [5, 5.41) is -0.846. The second-order valence-corrected chi connectivity index (χ2v) is 10.6. The Morgan fingerprint density at radius 2 is 0.761 bits per heavy atom. The van der Waals surface area contributed by atoms with Crippen LogP contribution in [0.15, 0.2) is 158 Å². The van der Waals surface area contributed by atoms with Crippen molar-refractivity contribution in [1.29, 1.82) is 0 Å². The third kappa shape index (κ3) is 13.0. The van der Waals surface area contributed by atoms with E-state index in [9.17, 15) is 9.59 Å². The number of carbonyl (C=O) groups excluding carboxylic acids is 2. The fourth-order valence-corrected chi connectivity index (χ4v) is 4.95. The number of rotatable bonds is 8. The van der Waals surface area contributed by atoms with Gasteiger partial charge in [0.1, 0.15) is 0 Å². The smallest absolute Gasteiger partial charge is 1.00 e. The number of benzene rings is 4. The third-order valence-electron chi connectivity index (χ3n) is 6.72. The average molecular weight is 766 g/mol. The van der Waals surface area contributed by atoms with Gasteiger partial charge in [-0.15, -0.1) is 71.8 Å². The van der Waals surface area contributed by atoms with Crippen LogP contribution in [-0.2, 0) is 35.8 Å². The van der Waals surface area contributed by atoms with Gasteiger partial charge in [0, 0.05) is 12.8 Å². The van der Waals surface area contributed by atoms with Crippen LogP contribution in [0.2, 0.25) is 0 Å². The summed E-state index contributed by atoms with van der Waals surface area (Å²) in [7, 11) is 0. The molecule has 0 aromatic heterocycles. The molecule has 0 spiro atoms. The Hall–Kier alpha value is -3.04. The van der Waals surface area contributed by atoms with Gasteiger partial charge < -0.3 is 24.8 Å². The molecule has 0 bridgehead atoms. The maximum absolute atomic E-state index is 10.0. The van der Waals surface area contributed by atoms with Gasteiger partial charge in [-0.3, -0.25) is 9.59 Å². The molecule has 0 atom stereocenters. The molecule has 0 radical (unpaired) electrons. The molecule has 46 heavy (non-hydrogen) atoms. The summed E-state index contributed by atoms with van der Waals surface area (Å²) in [6.45, 7) is 0. The van der Waals surface area contributed by atoms with Gasteiger partial charge in [-0.1, -0.05) is 130 Å². The Morgan fingerprint density at radius 3 is 1.07 bits per heavy atom. The van der Waals surface area contributed by atoms with Crippen molar-refractivity contribution in [3.05, 3.63) is 158 Å². The van der Waals surface area contributed by atoms with Crippen LogP contribution in [0.3, 0.4) is 0 Å². The molecule has 0 saturated carbocycles. The fraction of sp³-hybridized carbons (Fsp3) is 0.0769. The molecule has 0 aliphatic heterocycles. The summed E-state index contributed by atoms with van der Waals surface area (Å²) in [6, 6.07) is 55.0. The molecule has 232 valence electrons. The second-order valence-electron chi connectivity index (χ2n) is 9.73. The van der Waals surface area contributed by atoms with E-state index in [1.807, 2.05) is 0 Å². The zero-order valence-corrected chi connectivity index (χ0v) is 30.4. The minimum Gasteiger partial charge on any atom is -1.00 e. The van der Waals surface area contributed by atoms with Gasteiger partial charge in [0.05, 0.1) is 0 Å². The quantitative estimate of drug-likeness (QED) is 0.159. The van der Waals surface area contributed by atoms with E-state index in [1.165, 1.54) is 44.5 Å². The second kappa shape index (κ2) is 22.5. The average Bonchev–Trinajstić information content (AvgIpc) is 3.74. The molecule has 7 heteroatoms. The topological polar surface area (TPSA) is 34.1 Å². The summed E-state index contributed by atoms with van der Waals surface area (Å²) in [5.74, 6) is 0. The Labute approximate surface area is 313 Å². The van der Waals surface area contributed by atoms with Crippen molar-refractivity contribution in [2.24, 2.45) is 0 Å². The molecule has 0 fully saturated rings. The van der Waals surface area contributed by atoms with E-state index < -0.39 is 10.5 Å². The van der Waals surface area contributed by atoms with E-state index in [0.717, 1.165) is 0 Å². The van der Waals surface area contributed by atoms with Crippen molar-refractivity contribution in [3.63, 3.8) is 0 Å². The first-order chi connectivity index (χ1) is 21.0. The van der Waals surface area contributed by atoms with Crippen LogP contribution in [0.1, 0.15) is 19.3 Å². The Kier molecular flexibility index (Phi) is 20.0. The number of carbonyl (C=O) groups is 2. The van der Waals surface area contributed by atoms with Crippen LogP contribution >= 0.6 is 23.2 Å². The molecule has 6 rings (SSSR count). The molecule has 0 saturated heterocycles. The van der Waals surface area contributed by atoms with E-state index in [-0.39, 0.29) is 63.9 Å². The summed E-state index contributed by atoms with van der Waals surface area (Å²) < 4.78 is 0. The van der Waals surface area contributed by atoms with Gasteiger partial charge in [0.2, 0.25) is 10.5 Å². The van der Waals surface area contributed by atoms with Crippen molar-refractivity contribution >= 4 is 33.7 Å². The van der Waals surface area contributed by atoms with E-state index in [2.05, 4.69) is 158 Å². The Morgan fingerprint density at radius 1 is 0.457 bits per heavy atom. The van der Waals surface area contributed by atoms with Crippen molar-refractivity contribution in [1.82, 2.24) is 0 Å². The van der Waals surface area contributed by atoms with Crippen LogP contribution in [0.25, 0.3) is 44.5 Å². The minimum atomic E-state index is -0.423. The zero-order valence-electron chi connectivity index (χ0n) is 25.0. The van der Waals surface area contributed by atoms with Gasteiger partial charge in [-0.2, -0.15) is 0 Å². The molecule has 0 aliphatic carbocycles. The maximum Gasteiger partial charge on any atom is 4.00 e. The summed E-state index contributed by atoms with van der Waals surface area (Å²) in [5.41, 5.74) is 10.3. The summed E-state index contributed by atoms with van der Waals surface area (Å²) in [4.78, 5) is 20.1. The minimum absolute atomic E-state index is 0. The molecule has 0 amide bonds. The number of hydrogen-bond acceptors (Lipinski definition) is 2. The predicted octanol–water partition coefficient (Wildman–Crippen LogP) is 5.17. The molecule has 0 aliphatic rings. The van der Waals surface area contributed by atoms with Crippen LogP contribution in [0, 0.1) is 0 Å². The van der Waals surface area contributed by atoms with E-state index >= 15 is 0 Å². The zero-order chi connectivity index (χ0) is 30.3. The summed E-state index contributed by atoms with van der Waals surface area (Å²) >= 11 is 9.94. The van der Waals surface area contributed by atoms with Crippen molar-refractivity contribution in [2.75, 3.05) is 0 Å². The van der Waals surface area contributed by atoms with Crippen LogP contribution < -0.4 is 24.8 Å². The summed E-state index contributed by atoms with van der Waals surface area (Å²) in [6.07, 6.45) is 0.894. The van der Waals surface area contributed by atoms with Crippen LogP contribution in [0.4, 0.5) is 0 Å². The SMILES string of the molecule is O=C(Cl)CCCC(=O)Cl.[Cl-].[Cl-].[Zr+4].c1ccc(-c2ccc[c-]2-c2ccccc2)cc1.c1ccc(-c2ccc[c-]2-c2ccccc2)cc1. The number of hydrogen-bond donors (Lipinski definition) is 0. The third-order valence-corrected chi connectivity index (χ3v) is 7.10. The maximum atomic E-state index is 10.0. The standard InChI is InChI=1S/2C17H13.C5H6Cl2O2.2ClH.Zr/c2*1-3-8-14(9-4-1)16-12-7-13-17(16)15-10-5-2-6-11-15;6-4(8)2-1-3-5(7)9;;;/h2*1-13H;1-3H2;2*1H;/q2*-1;;;;+4/p-2. The van der Waals surface area contributed by atoms with Gasteiger partial charge >= 0.3 is 26.2 Å². The normalized spacial score (nSPS) is 9.43. The monoisotopic (exact) mass is 762 g/mol. The van der Waals surface area contributed by atoms with Gasteiger partial charge in [0.25, 0.3) is 0 Å². The molecule has 6 aromatic rings. The van der Waals surface area contributed by atoms with Crippen molar-refractivity contribution in [2.45, 2.75) is 19.3 Å². The van der Waals surface area contributed by atoms with E-state index in [1.54, 1.807) is 0 Å². The largest absolute Gasteiger partial charge is 4.00 e. The van der Waals surface area contributed by atoms with Gasteiger partial charge in [-0.25, -0.2) is 0 Å². The molecule has 0 unspecified atom stereocenters. The van der Waals surface area contributed by atoms with Crippen LogP contribution in [-0.4, -0.2) is 10.5 Å². The number of halogens is 4. The molecule has 0 N–H and O–H groups in total. The Balaban J connectivity index is 0.000000351. The van der Waals surface area contributed by atoms with Gasteiger partial charge in [0.15, 0.2) is 0 Å². The first-order valence-corrected chi connectivity index (χ1v) is 14.9.